The van der Waals surface area contributed by atoms with Gasteiger partial charge in [-0.2, -0.15) is 0 Å². The molecular weight excluding hydrogens is 328 g/mol. The number of benzene rings is 1. The monoisotopic (exact) mass is 354 g/mol. The van der Waals surface area contributed by atoms with Crippen LogP contribution in [0.25, 0.3) is 0 Å². The summed E-state index contributed by atoms with van der Waals surface area (Å²) in [6, 6.07) is 8.79. The number of fused-ring (bicyclic) bond motifs is 2. The minimum absolute atomic E-state index is 0. The van der Waals surface area contributed by atoms with Gasteiger partial charge in [0.15, 0.2) is 0 Å². The van der Waals surface area contributed by atoms with Crippen LogP contribution in [0.4, 0.5) is 0 Å². The van der Waals surface area contributed by atoms with Crippen LogP contribution < -0.4 is 10.1 Å². The Kier molecular flexibility index (Phi) is 6.90. The van der Waals surface area contributed by atoms with Crippen molar-refractivity contribution in [2.45, 2.75) is 51.0 Å². The van der Waals surface area contributed by atoms with Crippen molar-refractivity contribution in [1.29, 1.82) is 0 Å². The van der Waals surface area contributed by atoms with Crippen molar-refractivity contribution in [1.82, 2.24) is 10.2 Å². The molecule has 1 N–H and O–H groups in total. The first-order valence-electron chi connectivity index (χ1n) is 8.45. The molecule has 0 aliphatic carbocycles. The number of carbonyl (C=O) groups is 1. The van der Waals surface area contributed by atoms with Crippen LogP contribution >= 0.6 is 12.4 Å². The smallest absolute Gasteiger partial charge is 0.251 e. The van der Waals surface area contributed by atoms with Gasteiger partial charge in [-0.3, -0.25) is 4.79 Å². The Morgan fingerprint density at radius 3 is 2.92 bits per heavy atom. The second-order valence-electron chi connectivity index (χ2n) is 6.52. The molecule has 1 aromatic carbocycles. The first kappa shape index (κ1) is 19.0. The average Bonchev–Trinajstić information content (AvgIpc) is 2.91. The van der Waals surface area contributed by atoms with Crippen LogP contribution in [0.1, 0.15) is 31.7 Å². The fraction of sp³-hybridized carbons (Fsp3) is 0.611. The zero-order chi connectivity index (χ0) is 16.2. The van der Waals surface area contributed by atoms with Gasteiger partial charge < -0.3 is 19.7 Å². The highest BCUT2D eigenvalue weighted by Crippen LogP contribution is 2.21. The molecule has 134 valence electrons. The van der Waals surface area contributed by atoms with Gasteiger partial charge >= 0.3 is 0 Å². The lowest BCUT2D eigenvalue weighted by Gasteiger charge is -2.27. The van der Waals surface area contributed by atoms with E-state index in [2.05, 4.69) is 5.32 Å². The van der Waals surface area contributed by atoms with Crippen molar-refractivity contribution in [3.63, 3.8) is 0 Å². The summed E-state index contributed by atoms with van der Waals surface area (Å²) in [6.45, 7) is 3.91. The second kappa shape index (κ2) is 8.70. The summed E-state index contributed by atoms with van der Waals surface area (Å²) in [5.74, 6) is 0.905. The molecule has 2 aliphatic rings. The number of amides is 1. The molecule has 2 fully saturated rings. The van der Waals surface area contributed by atoms with Gasteiger partial charge in [0.05, 0.1) is 13.7 Å². The van der Waals surface area contributed by atoms with E-state index in [-0.39, 0.29) is 18.3 Å². The predicted molar refractivity (Wildman–Crippen MR) is 95.6 cm³/mol. The summed E-state index contributed by atoms with van der Waals surface area (Å²) in [6.07, 6.45) is 3.05. The molecule has 3 atom stereocenters. The normalized spacial score (nSPS) is 24.0. The third kappa shape index (κ3) is 4.62. The van der Waals surface area contributed by atoms with Gasteiger partial charge in [0.2, 0.25) is 0 Å². The lowest BCUT2D eigenvalue weighted by molar-refractivity contribution is -0.143. The number of nitrogens with one attached hydrogen (secondary N) is 1. The lowest BCUT2D eigenvalue weighted by Crippen LogP contribution is -2.43. The van der Waals surface area contributed by atoms with E-state index in [1.807, 2.05) is 36.1 Å². The molecule has 1 aromatic rings. The molecule has 2 heterocycles. The fourth-order valence-electron chi connectivity index (χ4n) is 3.46. The predicted octanol–water partition coefficient (Wildman–Crippen LogP) is 2.38. The number of nitrogens with zero attached hydrogens (tertiary/aromatic N) is 1. The lowest BCUT2D eigenvalue weighted by atomic mass is 10.1. The molecule has 2 aliphatic heterocycles. The molecule has 6 heteroatoms. The van der Waals surface area contributed by atoms with Crippen LogP contribution in [0.15, 0.2) is 24.3 Å². The Labute approximate surface area is 150 Å². The molecule has 0 saturated carbocycles. The number of methoxy groups -OCH3 is 1. The fourth-order valence-corrected chi connectivity index (χ4v) is 3.46. The van der Waals surface area contributed by atoms with Crippen molar-refractivity contribution in [2.24, 2.45) is 0 Å². The Hall–Kier alpha value is -1.30. The Morgan fingerprint density at radius 2 is 2.12 bits per heavy atom. The summed E-state index contributed by atoms with van der Waals surface area (Å²) in [5, 5.41) is 3.60. The van der Waals surface area contributed by atoms with Gasteiger partial charge in [-0.15, -0.1) is 12.4 Å². The van der Waals surface area contributed by atoms with Crippen molar-refractivity contribution >= 4 is 18.3 Å². The molecule has 0 aromatic heterocycles. The molecule has 24 heavy (non-hydrogen) atoms. The van der Waals surface area contributed by atoms with Crippen LogP contribution in [-0.4, -0.2) is 49.2 Å². The summed E-state index contributed by atoms with van der Waals surface area (Å²) >= 11 is 0. The molecule has 5 nitrogen and oxygen atoms in total. The maximum Gasteiger partial charge on any atom is 0.251 e. The van der Waals surface area contributed by atoms with Gasteiger partial charge in [-0.05, 0) is 43.9 Å². The number of hydrogen-bond acceptors (Lipinski definition) is 4. The molecule has 2 bridgehead atoms. The molecule has 0 spiro atoms. The number of carbonyl (C=O) groups excluding carboxylic acids is 1. The number of likely N-dealkylation sites (tertiary alicyclic amines) is 1. The van der Waals surface area contributed by atoms with Crippen molar-refractivity contribution in [2.75, 3.05) is 20.2 Å². The largest absolute Gasteiger partial charge is 0.497 e. The Morgan fingerprint density at radius 1 is 1.33 bits per heavy atom. The standard InChI is InChI=1S/C18H26N2O3.ClH/c1-13(23-12-14-4-3-5-17(10-14)22-2)18(21)20-9-8-15-6-7-16(11-20)19-15;/h3-5,10,13,15-16,19H,6-9,11-12H2,1-2H3;1H. The van der Waals surface area contributed by atoms with Gasteiger partial charge in [0.1, 0.15) is 11.9 Å². The quantitative estimate of drug-likeness (QED) is 0.882. The van der Waals surface area contributed by atoms with E-state index in [1.54, 1.807) is 7.11 Å². The van der Waals surface area contributed by atoms with Gasteiger partial charge in [-0.1, -0.05) is 12.1 Å². The van der Waals surface area contributed by atoms with E-state index in [9.17, 15) is 4.79 Å². The minimum Gasteiger partial charge on any atom is -0.497 e. The van der Waals surface area contributed by atoms with Gasteiger partial charge in [0, 0.05) is 25.2 Å². The molecule has 3 rings (SSSR count). The first-order valence-corrected chi connectivity index (χ1v) is 8.45. The van der Waals surface area contributed by atoms with Crippen LogP contribution in [0.2, 0.25) is 0 Å². The number of rotatable bonds is 5. The maximum atomic E-state index is 12.6. The van der Waals surface area contributed by atoms with E-state index in [4.69, 9.17) is 9.47 Å². The summed E-state index contributed by atoms with van der Waals surface area (Å²) in [4.78, 5) is 14.6. The molecule has 1 amide bonds. The van der Waals surface area contributed by atoms with Crippen LogP contribution in [0.3, 0.4) is 0 Å². The SMILES string of the molecule is COc1cccc(COC(C)C(=O)N2CCC3CCC(C2)N3)c1.Cl. The van der Waals surface area contributed by atoms with E-state index >= 15 is 0 Å². The second-order valence-corrected chi connectivity index (χ2v) is 6.52. The van der Waals surface area contributed by atoms with E-state index in [0.29, 0.717) is 18.7 Å². The van der Waals surface area contributed by atoms with Crippen molar-refractivity contribution in [3.05, 3.63) is 29.8 Å². The summed E-state index contributed by atoms with van der Waals surface area (Å²) < 4.78 is 11.0. The third-order valence-corrected chi connectivity index (χ3v) is 4.82. The average molecular weight is 355 g/mol. The number of hydrogen-bond donors (Lipinski definition) is 1. The Balaban J connectivity index is 0.00000208. The molecule has 3 unspecified atom stereocenters. The van der Waals surface area contributed by atoms with E-state index in [1.165, 1.54) is 12.8 Å². The minimum atomic E-state index is -0.419. The van der Waals surface area contributed by atoms with Crippen LogP contribution in [-0.2, 0) is 16.1 Å². The maximum absolute atomic E-state index is 12.6. The van der Waals surface area contributed by atoms with Crippen LogP contribution in [0.5, 0.6) is 5.75 Å². The Bertz CT molecular complexity index is 555. The highest BCUT2D eigenvalue weighted by molar-refractivity contribution is 5.85. The van der Waals surface area contributed by atoms with E-state index in [0.717, 1.165) is 30.8 Å². The topological polar surface area (TPSA) is 50.8 Å². The number of ether oxygens (including phenoxy) is 2. The van der Waals surface area contributed by atoms with Crippen molar-refractivity contribution in [3.8, 4) is 5.75 Å². The van der Waals surface area contributed by atoms with Crippen molar-refractivity contribution < 1.29 is 14.3 Å². The van der Waals surface area contributed by atoms with Crippen LogP contribution in [0, 0.1) is 0 Å². The highest BCUT2D eigenvalue weighted by Gasteiger charge is 2.32. The summed E-state index contributed by atoms with van der Waals surface area (Å²) in [7, 11) is 1.65. The van der Waals surface area contributed by atoms with Gasteiger partial charge in [0.25, 0.3) is 5.91 Å². The van der Waals surface area contributed by atoms with Gasteiger partial charge in [-0.25, -0.2) is 0 Å². The number of halogens is 1. The third-order valence-electron chi connectivity index (χ3n) is 4.82. The van der Waals surface area contributed by atoms with E-state index < -0.39 is 6.10 Å². The zero-order valence-corrected chi connectivity index (χ0v) is 15.2. The first-order chi connectivity index (χ1) is 11.2. The molecular formula is C18H27ClN2O3. The molecule has 0 radical (unpaired) electrons. The zero-order valence-electron chi connectivity index (χ0n) is 14.4. The summed E-state index contributed by atoms with van der Waals surface area (Å²) in [5.41, 5.74) is 1.01. The highest BCUT2D eigenvalue weighted by atomic mass is 35.5. The molecule has 2 saturated heterocycles.